The molecule has 5 heteroatoms. The molecule has 0 aromatic carbocycles. The minimum absolute atomic E-state index is 0.0205. The topological polar surface area (TPSA) is 67.4 Å². The summed E-state index contributed by atoms with van der Waals surface area (Å²) < 4.78 is 4.82. The fraction of sp³-hybridized carbons (Fsp3) is 0.846. The van der Waals surface area contributed by atoms with Crippen molar-refractivity contribution < 1.29 is 14.3 Å². The van der Waals surface area contributed by atoms with E-state index in [0.29, 0.717) is 13.2 Å². The summed E-state index contributed by atoms with van der Waals surface area (Å²) in [6.07, 6.45) is 3.84. The number of hydrogen-bond donors (Lipinski definition) is 2. The van der Waals surface area contributed by atoms with Gasteiger partial charge in [0.25, 0.3) is 0 Å². The summed E-state index contributed by atoms with van der Waals surface area (Å²) in [5.41, 5.74) is 0. The number of carbonyl (C=O) groups is 2. The minimum atomic E-state index is -0.175. The molecule has 5 nitrogen and oxygen atoms in total. The predicted octanol–water partition coefficient (Wildman–Crippen LogP) is 1.08. The second-order valence-electron chi connectivity index (χ2n) is 4.31. The number of methoxy groups -OCH3 is 1. The van der Waals surface area contributed by atoms with Gasteiger partial charge in [0.1, 0.15) is 0 Å². The first-order valence-electron chi connectivity index (χ1n) is 6.69. The molecule has 0 fully saturated rings. The number of rotatable bonds is 10. The molecule has 1 atom stereocenters. The van der Waals surface area contributed by atoms with Crippen LogP contribution in [0.3, 0.4) is 0 Å². The number of amides is 2. The van der Waals surface area contributed by atoms with Crippen molar-refractivity contribution in [3.63, 3.8) is 0 Å². The molecular formula is C13H26N2O3. The molecule has 0 aliphatic heterocycles. The maximum absolute atomic E-state index is 11.8. The van der Waals surface area contributed by atoms with Crippen molar-refractivity contribution >= 4 is 11.8 Å². The standard InChI is InChI=1S/C13H26N2O3/c1-4-6-7-11(5-2)13(17)15-10-12(16)14-8-9-18-3/h11H,4-10H2,1-3H3,(H,14,16)(H,15,17). The van der Waals surface area contributed by atoms with E-state index < -0.39 is 0 Å². The Kier molecular flexibility index (Phi) is 10.3. The molecule has 1 unspecified atom stereocenters. The van der Waals surface area contributed by atoms with Crippen molar-refractivity contribution in [2.24, 2.45) is 5.92 Å². The Morgan fingerprint density at radius 2 is 1.94 bits per heavy atom. The molecule has 2 N–H and O–H groups in total. The normalized spacial score (nSPS) is 11.9. The largest absolute Gasteiger partial charge is 0.383 e. The van der Waals surface area contributed by atoms with Crippen molar-refractivity contribution in [3.05, 3.63) is 0 Å². The number of ether oxygens (including phenoxy) is 1. The highest BCUT2D eigenvalue weighted by atomic mass is 16.5. The molecular weight excluding hydrogens is 232 g/mol. The van der Waals surface area contributed by atoms with Gasteiger partial charge in [-0.2, -0.15) is 0 Å². The lowest BCUT2D eigenvalue weighted by Crippen LogP contribution is -2.40. The summed E-state index contributed by atoms with van der Waals surface area (Å²) in [7, 11) is 1.58. The van der Waals surface area contributed by atoms with Crippen molar-refractivity contribution in [3.8, 4) is 0 Å². The summed E-state index contributed by atoms with van der Waals surface area (Å²) in [5, 5.41) is 5.34. The van der Waals surface area contributed by atoms with E-state index in [4.69, 9.17) is 4.74 Å². The number of nitrogens with one attached hydrogen (secondary N) is 2. The molecule has 2 amide bonds. The third-order valence-electron chi connectivity index (χ3n) is 2.82. The lowest BCUT2D eigenvalue weighted by molar-refractivity contribution is -0.128. The summed E-state index contributed by atoms with van der Waals surface area (Å²) >= 11 is 0. The fourth-order valence-electron chi connectivity index (χ4n) is 1.64. The van der Waals surface area contributed by atoms with Crippen molar-refractivity contribution in [1.29, 1.82) is 0 Å². The lowest BCUT2D eigenvalue weighted by atomic mass is 9.98. The number of carbonyl (C=O) groups excluding carboxylic acids is 2. The summed E-state index contributed by atoms with van der Waals surface area (Å²) in [6.45, 7) is 5.10. The highest BCUT2D eigenvalue weighted by Crippen LogP contribution is 2.12. The lowest BCUT2D eigenvalue weighted by Gasteiger charge is -2.14. The maximum Gasteiger partial charge on any atom is 0.239 e. The van der Waals surface area contributed by atoms with E-state index in [9.17, 15) is 9.59 Å². The van der Waals surface area contributed by atoms with E-state index in [-0.39, 0.29) is 24.3 Å². The molecule has 0 aromatic rings. The van der Waals surface area contributed by atoms with Crippen LogP contribution in [-0.4, -0.2) is 38.6 Å². The number of hydrogen-bond acceptors (Lipinski definition) is 3. The SMILES string of the molecule is CCCCC(CC)C(=O)NCC(=O)NCCOC. The first-order valence-corrected chi connectivity index (χ1v) is 6.69. The van der Waals surface area contributed by atoms with Gasteiger partial charge >= 0.3 is 0 Å². The molecule has 0 aliphatic carbocycles. The maximum atomic E-state index is 11.8. The Balaban J connectivity index is 3.81. The van der Waals surface area contributed by atoms with Crippen molar-refractivity contribution in [2.75, 3.05) is 26.8 Å². The monoisotopic (exact) mass is 258 g/mol. The smallest absolute Gasteiger partial charge is 0.239 e. The third kappa shape index (κ3) is 8.06. The van der Waals surface area contributed by atoms with Gasteiger partial charge in [-0.15, -0.1) is 0 Å². The van der Waals surface area contributed by atoms with Crippen LogP contribution < -0.4 is 10.6 Å². The van der Waals surface area contributed by atoms with Crippen molar-refractivity contribution in [2.45, 2.75) is 39.5 Å². The average Bonchev–Trinajstić information content (AvgIpc) is 2.37. The van der Waals surface area contributed by atoms with Gasteiger partial charge in [-0.25, -0.2) is 0 Å². The number of unbranched alkanes of at least 4 members (excludes halogenated alkanes) is 1. The van der Waals surface area contributed by atoms with Crippen LogP contribution in [0.5, 0.6) is 0 Å². The van der Waals surface area contributed by atoms with Crippen LogP contribution in [0.1, 0.15) is 39.5 Å². The van der Waals surface area contributed by atoms with Gasteiger partial charge < -0.3 is 15.4 Å². The van der Waals surface area contributed by atoms with Crippen LogP contribution >= 0.6 is 0 Å². The second kappa shape index (κ2) is 11.0. The van der Waals surface area contributed by atoms with E-state index in [1.165, 1.54) is 0 Å². The molecule has 0 rings (SSSR count). The average molecular weight is 258 g/mol. The Morgan fingerprint density at radius 1 is 1.22 bits per heavy atom. The van der Waals surface area contributed by atoms with Gasteiger partial charge in [0.15, 0.2) is 0 Å². The first-order chi connectivity index (χ1) is 8.65. The fourth-order valence-corrected chi connectivity index (χ4v) is 1.64. The van der Waals surface area contributed by atoms with E-state index in [0.717, 1.165) is 25.7 Å². The Morgan fingerprint density at radius 3 is 2.50 bits per heavy atom. The van der Waals surface area contributed by atoms with Gasteiger partial charge in [0, 0.05) is 19.6 Å². The minimum Gasteiger partial charge on any atom is -0.383 e. The zero-order chi connectivity index (χ0) is 13.8. The second-order valence-corrected chi connectivity index (χ2v) is 4.31. The molecule has 18 heavy (non-hydrogen) atoms. The highest BCUT2D eigenvalue weighted by Gasteiger charge is 2.16. The zero-order valence-corrected chi connectivity index (χ0v) is 11.8. The van der Waals surface area contributed by atoms with Crippen LogP contribution in [0.15, 0.2) is 0 Å². The van der Waals surface area contributed by atoms with E-state index in [1.54, 1.807) is 7.11 Å². The van der Waals surface area contributed by atoms with Crippen molar-refractivity contribution in [1.82, 2.24) is 10.6 Å². The Bertz CT molecular complexity index is 244. The molecule has 0 bridgehead atoms. The Labute approximate surface area is 110 Å². The van der Waals surface area contributed by atoms with E-state index >= 15 is 0 Å². The van der Waals surface area contributed by atoms with E-state index in [1.807, 2.05) is 6.92 Å². The molecule has 0 spiro atoms. The van der Waals surface area contributed by atoms with Gasteiger partial charge in [0.05, 0.1) is 13.2 Å². The molecule has 0 saturated carbocycles. The van der Waals surface area contributed by atoms with Gasteiger partial charge in [-0.1, -0.05) is 26.7 Å². The van der Waals surface area contributed by atoms with Gasteiger partial charge in [0.2, 0.25) is 11.8 Å². The van der Waals surface area contributed by atoms with Gasteiger partial charge in [-0.05, 0) is 12.8 Å². The van der Waals surface area contributed by atoms with Crippen LogP contribution in [-0.2, 0) is 14.3 Å². The van der Waals surface area contributed by atoms with Crippen LogP contribution in [0, 0.1) is 5.92 Å². The predicted molar refractivity (Wildman–Crippen MR) is 71.2 cm³/mol. The molecule has 0 saturated heterocycles. The summed E-state index contributed by atoms with van der Waals surface area (Å²) in [5.74, 6) is -0.171. The molecule has 0 aromatic heterocycles. The molecule has 0 heterocycles. The summed E-state index contributed by atoms with van der Waals surface area (Å²) in [6, 6.07) is 0. The zero-order valence-electron chi connectivity index (χ0n) is 11.8. The van der Waals surface area contributed by atoms with Crippen LogP contribution in [0.25, 0.3) is 0 Å². The highest BCUT2D eigenvalue weighted by molar-refractivity contribution is 5.85. The van der Waals surface area contributed by atoms with Crippen LogP contribution in [0.2, 0.25) is 0 Å². The van der Waals surface area contributed by atoms with Crippen LogP contribution in [0.4, 0.5) is 0 Å². The summed E-state index contributed by atoms with van der Waals surface area (Å²) in [4.78, 5) is 23.2. The molecule has 0 aliphatic rings. The molecule has 0 radical (unpaired) electrons. The third-order valence-corrected chi connectivity index (χ3v) is 2.82. The molecule has 106 valence electrons. The first kappa shape index (κ1) is 16.9. The van der Waals surface area contributed by atoms with E-state index in [2.05, 4.69) is 17.6 Å². The quantitative estimate of drug-likeness (QED) is 0.576. The Hall–Kier alpha value is -1.10. The van der Waals surface area contributed by atoms with Gasteiger partial charge in [-0.3, -0.25) is 9.59 Å².